The molecule has 3 heterocycles. The summed E-state index contributed by atoms with van der Waals surface area (Å²) in [5, 5.41) is 14.1. The monoisotopic (exact) mass is 346 g/mol. The van der Waals surface area contributed by atoms with E-state index in [-0.39, 0.29) is 31.2 Å². The molecule has 0 bridgehead atoms. The molecule has 1 unspecified atom stereocenters. The number of hydrogen-bond acceptors (Lipinski definition) is 8. The minimum Gasteiger partial charge on any atom is -0.389 e. The largest absolute Gasteiger partial charge is 0.389 e. The van der Waals surface area contributed by atoms with Crippen LogP contribution in [0.2, 0.25) is 0 Å². The number of carbonyl (C=O) groups is 2. The van der Waals surface area contributed by atoms with Crippen molar-refractivity contribution < 1.29 is 14.7 Å². The van der Waals surface area contributed by atoms with Gasteiger partial charge < -0.3 is 20.6 Å². The minimum atomic E-state index is -0.763. The molecule has 0 spiro atoms. The first-order valence-electron chi connectivity index (χ1n) is 7.68. The quantitative estimate of drug-likeness (QED) is 0.639. The van der Waals surface area contributed by atoms with Gasteiger partial charge in [0.05, 0.1) is 18.5 Å². The summed E-state index contributed by atoms with van der Waals surface area (Å²) in [5.41, 5.74) is 5.27. The zero-order chi connectivity index (χ0) is 17.8. The maximum atomic E-state index is 12.4. The van der Waals surface area contributed by atoms with Crippen molar-refractivity contribution in [1.29, 1.82) is 0 Å². The lowest BCUT2D eigenvalue weighted by Gasteiger charge is -2.22. The van der Waals surface area contributed by atoms with Crippen molar-refractivity contribution >= 4 is 17.6 Å². The lowest BCUT2D eigenvalue weighted by Crippen LogP contribution is -2.39. The molecule has 1 aliphatic heterocycles. The summed E-state index contributed by atoms with van der Waals surface area (Å²) in [6.07, 6.45) is 4.83. The second kappa shape index (κ2) is 7.21. The van der Waals surface area contributed by atoms with Gasteiger partial charge in [-0.2, -0.15) is 5.10 Å². The Balaban J connectivity index is 1.69. The third kappa shape index (κ3) is 4.07. The average Bonchev–Trinajstić information content (AvgIpc) is 3.01. The fraction of sp³-hybridized carbons (Fsp3) is 0.429. The molecule has 132 valence electrons. The van der Waals surface area contributed by atoms with Crippen LogP contribution in [0.25, 0.3) is 0 Å². The fourth-order valence-electron chi connectivity index (χ4n) is 2.60. The molecule has 3 N–H and O–H groups in total. The first kappa shape index (κ1) is 16.8. The number of β-amino-alcohol motifs (C(OH)–C–C–N with tert-alkyl or cyclic N) is 1. The molecule has 2 aromatic rings. The van der Waals surface area contributed by atoms with Crippen LogP contribution in [-0.2, 0) is 11.3 Å². The van der Waals surface area contributed by atoms with Gasteiger partial charge in [-0.25, -0.2) is 14.6 Å². The summed E-state index contributed by atoms with van der Waals surface area (Å²) >= 11 is 0. The maximum Gasteiger partial charge on any atom is 0.268 e. The molecule has 0 radical (unpaired) electrons. The number of nitrogens with zero attached hydrogens (tertiary/aromatic N) is 7. The van der Waals surface area contributed by atoms with Gasteiger partial charge in [0.1, 0.15) is 30.7 Å². The number of carbonyl (C=O) groups excluding carboxylic acids is 2. The second-order valence-corrected chi connectivity index (χ2v) is 5.66. The zero-order valence-electron chi connectivity index (χ0n) is 13.4. The normalized spacial score (nSPS) is 18.0. The summed E-state index contributed by atoms with van der Waals surface area (Å²) in [7, 11) is 0. The topological polar surface area (TPSA) is 143 Å². The second-order valence-electron chi connectivity index (χ2n) is 5.66. The van der Waals surface area contributed by atoms with E-state index in [1.165, 1.54) is 29.7 Å². The van der Waals surface area contributed by atoms with Crippen LogP contribution in [0.1, 0.15) is 10.5 Å². The summed E-state index contributed by atoms with van der Waals surface area (Å²) in [5.74, 6) is -0.404. The molecule has 1 aliphatic rings. The molecule has 2 aromatic heterocycles. The van der Waals surface area contributed by atoms with Crippen LogP contribution in [0.5, 0.6) is 0 Å². The average molecular weight is 346 g/mol. The zero-order valence-corrected chi connectivity index (χ0v) is 13.4. The van der Waals surface area contributed by atoms with E-state index in [1.807, 2.05) is 0 Å². The van der Waals surface area contributed by atoms with E-state index >= 15 is 0 Å². The molecule has 0 saturated carbocycles. The van der Waals surface area contributed by atoms with Crippen LogP contribution < -0.4 is 10.6 Å². The molecule has 3 rings (SSSR count). The molecule has 11 nitrogen and oxygen atoms in total. The molecule has 1 atom stereocenters. The number of aliphatic hydroxyl groups is 1. The molecular formula is C14H18N8O3. The van der Waals surface area contributed by atoms with Crippen LogP contribution in [-0.4, -0.2) is 78.8 Å². The molecule has 0 aromatic carbocycles. The molecular weight excluding hydrogens is 328 g/mol. The first-order chi connectivity index (χ1) is 12.0. The van der Waals surface area contributed by atoms with Gasteiger partial charge in [-0.3, -0.25) is 14.6 Å². The third-order valence-electron chi connectivity index (χ3n) is 3.82. The summed E-state index contributed by atoms with van der Waals surface area (Å²) in [4.78, 5) is 38.9. The van der Waals surface area contributed by atoms with Gasteiger partial charge in [-0.1, -0.05) is 0 Å². The molecule has 1 saturated heterocycles. The minimum absolute atomic E-state index is 0.0513. The fourth-order valence-corrected chi connectivity index (χ4v) is 2.60. The molecule has 25 heavy (non-hydrogen) atoms. The summed E-state index contributed by atoms with van der Waals surface area (Å²) < 4.78 is 1.43. The van der Waals surface area contributed by atoms with E-state index in [2.05, 4.69) is 20.1 Å². The predicted molar refractivity (Wildman–Crippen MR) is 85.4 cm³/mol. The van der Waals surface area contributed by atoms with E-state index in [4.69, 9.17) is 5.73 Å². The van der Waals surface area contributed by atoms with Crippen molar-refractivity contribution in [2.45, 2.75) is 12.6 Å². The standard InChI is InChI=1S/C14H18N8O3/c15-14(25)11-3-16-4-12(19-11)20-1-2-21(6-10(23)5-20)13(24)7-22-9-17-8-18-22/h3-4,8-10,23H,1-2,5-7H2,(H2,15,25). The van der Waals surface area contributed by atoms with Gasteiger partial charge in [0, 0.05) is 26.2 Å². The smallest absolute Gasteiger partial charge is 0.268 e. The van der Waals surface area contributed by atoms with Crippen molar-refractivity contribution in [3.8, 4) is 0 Å². The van der Waals surface area contributed by atoms with Gasteiger partial charge >= 0.3 is 0 Å². The molecule has 1 fully saturated rings. The summed E-state index contributed by atoms with van der Waals surface area (Å²) in [6.45, 7) is 1.37. The highest BCUT2D eigenvalue weighted by molar-refractivity contribution is 5.90. The van der Waals surface area contributed by atoms with E-state index in [0.717, 1.165) is 0 Å². The molecule has 2 amide bonds. The Labute approximate surface area is 143 Å². The van der Waals surface area contributed by atoms with Crippen LogP contribution in [0.3, 0.4) is 0 Å². The number of hydrogen-bond donors (Lipinski definition) is 2. The van der Waals surface area contributed by atoms with Crippen LogP contribution in [0, 0.1) is 0 Å². The third-order valence-corrected chi connectivity index (χ3v) is 3.82. The maximum absolute atomic E-state index is 12.4. The van der Waals surface area contributed by atoms with Crippen molar-refractivity contribution in [3.63, 3.8) is 0 Å². The van der Waals surface area contributed by atoms with Gasteiger partial charge in [-0.05, 0) is 0 Å². The van der Waals surface area contributed by atoms with Crippen molar-refractivity contribution in [2.24, 2.45) is 5.73 Å². The number of anilines is 1. The van der Waals surface area contributed by atoms with E-state index in [1.54, 1.807) is 9.80 Å². The van der Waals surface area contributed by atoms with Gasteiger partial charge in [-0.15, -0.1) is 0 Å². The highest BCUT2D eigenvalue weighted by Gasteiger charge is 2.25. The van der Waals surface area contributed by atoms with Crippen LogP contribution >= 0.6 is 0 Å². The first-order valence-corrected chi connectivity index (χ1v) is 7.68. The Morgan fingerprint density at radius 3 is 2.80 bits per heavy atom. The lowest BCUT2D eigenvalue weighted by atomic mass is 10.3. The highest BCUT2D eigenvalue weighted by Crippen LogP contribution is 2.14. The van der Waals surface area contributed by atoms with Crippen molar-refractivity contribution in [2.75, 3.05) is 31.1 Å². The SMILES string of the molecule is NC(=O)c1cncc(N2CCN(C(=O)Cn3cncn3)CC(O)C2)n1. The number of aromatic nitrogens is 5. The Morgan fingerprint density at radius 2 is 2.08 bits per heavy atom. The van der Waals surface area contributed by atoms with Gasteiger partial charge in [0.15, 0.2) is 0 Å². The van der Waals surface area contributed by atoms with Gasteiger partial charge in [0.2, 0.25) is 5.91 Å². The van der Waals surface area contributed by atoms with Gasteiger partial charge in [0.25, 0.3) is 5.91 Å². The number of primary amides is 1. The van der Waals surface area contributed by atoms with Crippen molar-refractivity contribution in [3.05, 3.63) is 30.7 Å². The van der Waals surface area contributed by atoms with E-state index in [0.29, 0.717) is 18.9 Å². The Bertz CT molecular complexity index is 750. The number of aliphatic hydroxyl groups excluding tert-OH is 1. The Morgan fingerprint density at radius 1 is 1.24 bits per heavy atom. The number of amides is 2. The van der Waals surface area contributed by atoms with Crippen LogP contribution in [0.4, 0.5) is 5.82 Å². The number of rotatable bonds is 4. The summed E-state index contributed by atoms with van der Waals surface area (Å²) in [6, 6.07) is 0. The number of nitrogens with two attached hydrogens (primary N) is 1. The Hall–Kier alpha value is -3.08. The molecule has 0 aliphatic carbocycles. The predicted octanol–water partition coefficient (Wildman–Crippen LogP) is -2.12. The van der Waals surface area contributed by atoms with E-state index in [9.17, 15) is 14.7 Å². The van der Waals surface area contributed by atoms with E-state index < -0.39 is 12.0 Å². The highest BCUT2D eigenvalue weighted by atomic mass is 16.3. The molecule has 11 heteroatoms. The van der Waals surface area contributed by atoms with Crippen LogP contribution in [0.15, 0.2) is 25.0 Å². The van der Waals surface area contributed by atoms with Crippen molar-refractivity contribution in [1.82, 2.24) is 29.6 Å². The lowest BCUT2D eigenvalue weighted by molar-refractivity contribution is -0.132. The Kier molecular flexibility index (Phi) is 4.84.